The molecule has 3 rings (SSSR count). The SMILES string of the molecule is CNC(=O)[C@H]1[C@H]2C(=O)N([C@@H](CO)CC(C)C)C(C(=O)NC(C)(C)C)C23CC[C@]1(C)O3. The average Bonchev–Trinajstić information content (AvgIpc) is 3.18. The number of rotatable bonds is 6. The molecule has 0 radical (unpaired) electrons. The number of nitrogens with one attached hydrogen (secondary N) is 2. The van der Waals surface area contributed by atoms with Crippen LogP contribution in [0.5, 0.6) is 0 Å². The molecule has 8 nitrogen and oxygen atoms in total. The summed E-state index contributed by atoms with van der Waals surface area (Å²) in [6.45, 7) is 11.3. The second-order valence-electron chi connectivity index (χ2n) is 10.8. The molecule has 0 saturated carbocycles. The first-order valence-electron chi connectivity index (χ1n) is 11.0. The molecule has 3 aliphatic rings. The fraction of sp³-hybridized carbons (Fsp3) is 0.864. The first-order valence-corrected chi connectivity index (χ1v) is 11.0. The van der Waals surface area contributed by atoms with E-state index in [1.165, 1.54) is 4.90 Å². The van der Waals surface area contributed by atoms with Crippen LogP contribution in [0.3, 0.4) is 0 Å². The van der Waals surface area contributed by atoms with Gasteiger partial charge in [-0.15, -0.1) is 0 Å². The zero-order valence-corrected chi connectivity index (χ0v) is 19.2. The maximum Gasteiger partial charge on any atom is 0.246 e. The van der Waals surface area contributed by atoms with Gasteiger partial charge in [0.1, 0.15) is 11.6 Å². The molecule has 2 bridgehead atoms. The fourth-order valence-corrected chi connectivity index (χ4v) is 5.87. The van der Waals surface area contributed by atoms with Gasteiger partial charge in [0.2, 0.25) is 17.7 Å². The van der Waals surface area contributed by atoms with E-state index >= 15 is 0 Å². The number of amides is 3. The van der Waals surface area contributed by atoms with Crippen LogP contribution in [0.1, 0.15) is 60.8 Å². The third-order valence-corrected chi connectivity index (χ3v) is 6.84. The van der Waals surface area contributed by atoms with Gasteiger partial charge in [-0.3, -0.25) is 14.4 Å². The Kier molecular flexibility index (Phi) is 5.74. The second-order valence-corrected chi connectivity index (χ2v) is 10.8. The standard InChI is InChI=1S/C22H37N3O5/c1-12(2)10-13(11-26)25-16(18(28)24-20(3,4)5)22-9-8-21(6,30-22)14(17(27)23-7)15(22)19(25)29/h12-16,26H,8-11H2,1-7H3,(H,23,27)(H,24,28)/t13-,14-,15+,16?,21+,22?/m1/s1. The van der Waals surface area contributed by atoms with Crippen molar-refractivity contribution in [2.45, 2.75) is 89.6 Å². The van der Waals surface area contributed by atoms with Gasteiger partial charge in [-0.2, -0.15) is 0 Å². The zero-order valence-electron chi connectivity index (χ0n) is 19.2. The van der Waals surface area contributed by atoms with Gasteiger partial charge in [0, 0.05) is 12.6 Å². The van der Waals surface area contributed by atoms with Crippen LogP contribution in [-0.4, -0.2) is 70.2 Å². The lowest BCUT2D eigenvalue weighted by Gasteiger charge is -2.39. The first kappa shape index (κ1) is 23.0. The normalized spacial score (nSPS) is 36.2. The molecule has 3 amide bonds. The Morgan fingerprint density at radius 1 is 1.27 bits per heavy atom. The summed E-state index contributed by atoms with van der Waals surface area (Å²) < 4.78 is 6.49. The van der Waals surface area contributed by atoms with E-state index < -0.39 is 40.7 Å². The van der Waals surface area contributed by atoms with Gasteiger partial charge < -0.3 is 25.4 Å². The van der Waals surface area contributed by atoms with Crippen LogP contribution in [0.15, 0.2) is 0 Å². The number of nitrogens with zero attached hydrogens (tertiary/aromatic N) is 1. The number of carbonyl (C=O) groups excluding carboxylic acids is 3. The lowest BCUT2D eigenvalue weighted by molar-refractivity contribution is -0.150. The van der Waals surface area contributed by atoms with Crippen molar-refractivity contribution in [2.75, 3.05) is 13.7 Å². The molecule has 170 valence electrons. The highest BCUT2D eigenvalue weighted by molar-refractivity contribution is 5.99. The molecule has 0 aromatic carbocycles. The van der Waals surface area contributed by atoms with Crippen molar-refractivity contribution in [3.8, 4) is 0 Å². The van der Waals surface area contributed by atoms with Gasteiger partial charge in [-0.05, 0) is 52.9 Å². The minimum absolute atomic E-state index is 0.226. The van der Waals surface area contributed by atoms with Crippen molar-refractivity contribution in [3.63, 3.8) is 0 Å². The molecule has 1 spiro atoms. The van der Waals surface area contributed by atoms with Gasteiger partial charge in [0.15, 0.2) is 0 Å². The molecular weight excluding hydrogens is 386 g/mol. The molecule has 3 fully saturated rings. The number of ether oxygens (including phenoxy) is 1. The Bertz CT molecular complexity index is 733. The number of aliphatic hydroxyl groups excluding tert-OH is 1. The predicted octanol–water partition coefficient (Wildman–Crippen LogP) is 0.819. The second kappa shape index (κ2) is 7.48. The van der Waals surface area contributed by atoms with Crippen molar-refractivity contribution in [1.82, 2.24) is 15.5 Å². The number of aliphatic hydroxyl groups is 1. The van der Waals surface area contributed by atoms with E-state index in [-0.39, 0.29) is 30.2 Å². The van der Waals surface area contributed by atoms with Gasteiger partial charge in [0.25, 0.3) is 0 Å². The van der Waals surface area contributed by atoms with Gasteiger partial charge in [-0.1, -0.05) is 13.8 Å². The van der Waals surface area contributed by atoms with E-state index in [0.29, 0.717) is 19.3 Å². The van der Waals surface area contributed by atoms with E-state index in [2.05, 4.69) is 10.6 Å². The van der Waals surface area contributed by atoms with Crippen LogP contribution < -0.4 is 10.6 Å². The van der Waals surface area contributed by atoms with Crippen LogP contribution in [0, 0.1) is 17.8 Å². The molecule has 3 heterocycles. The summed E-state index contributed by atoms with van der Waals surface area (Å²) in [5, 5.41) is 15.8. The molecule has 0 aromatic rings. The van der Waals surface area contributed by atoms with Crippen LogP contribution in [0.25, 0.3) is 0 Å². The number of hydrogen-bond donors (Lipinski definition) is 3. The molecule has 3 aliphatic heterocycles. The van der Waals surface area contributed by atoms with Crippen molar-refractivity contribution < 1.29 is 24.2 Å². The first-order chi connectivity index (χ1) is 13.8. The Morgan fingerprint density at radius 3 is 2.40 bits per heavy atom. The molecule has 8 heteroatoms. The Morgan fingerprint density at radius 2 is 1.90 bits per heavy atom. The Balaban J connectivity index is 2.11. The monoisotopic (exact) mass is 423 g/mol. The largest absolute Gasteiger partial charge is 0.394 e. The smallest absolute Gasteiger partial charge is 0.246 e. The van der Waals surface area contributed by atoms with Gasteiger partial charge in [-0.25, -0.2) is 0 Å². The molecule has 3 N–H and O–H groups in total. The lowest BCUT2D eigenvalue weighted by Crippen LogP contribution is -2.60. The maximum atomic E-state index is 13.8. The van der Waals surface area contributed by atoms with Crippen LogP contribution >= 0.6 is 0 Å². The van der Waals surface area contributed by atoms with Crippen molar-refractivity contribution >= 4 is 17.7 Å². The quantitative estimate of drug-likeness (QED) is 0.586. The highest BCUT2D eigenvalue weighted by Gasteiger charge is 2.78. The van der Waals surface area contributed by atoms with Crippen LogP contribution in [-0.2, 0) is 19.1 Å². The third kappa shape index (κ3) is 3.42. The maximum absolute atomic E-state index is 13.8. The minimum Gasteiger partial charge on any atom is -0.394 e. The topological polar surface area (TPSA) is 108 Å². The lowest BCUT2D eigenvalue weighted by atomic mass is 9.66. The molecular formula is C22H37N3O5. The zero-order chi connectivity index (χ0) is 22.6. The number of fused-ring (bicyclic) bond motifs is 1. The molecule has 3 saturated heterocycles. The molecule has 6 atom stereocenters. The van der Waals surface area contributed by atoms with E-state index in [0.717, 1.165) is 0 Å². The summed E-state index contributed by atoms with van der Waals surface area (Å²) in [5.41, 5.74) is -2.32. The number of hydrogen-bond acceptors (Lipinski definition) is 5. The summed E-state index contributed by atoms with van der Waals surface area (Å²) in [6, 6.07) is -1.38. The molecule has 30 heavy (non-hydrogen) atoms. The van der Waals surface area contributed by atoms with Crippen molar-refractivity contribution in [2.24, 2.45) is 17.8 Å². The van der Waals surface area contributed by atoms with E-state index in [1.807, 2.05) is 41.5 Å². The minimum atomic E-state index is -1.05. The fourth-order valence-electron chi connectivity index (χ4n) is 5.87. The van der Waals surface area contributed by atoms with Crippen LogP contribution in [0.4, 0.5) is 0 Å². The van der Waals surface area contributed by atoms with E-state index in [1.54, 1.807) is 7.05 Å². The average molecular weight is 424 g/mol. The molecule has 0 aromatic heterocycles. The van der Waals surface area contributed by atoms with E-state index in [9.17, 15) is 19.5 Å². The number of likely N-dealkylation sites (tertiary alicyclic amines) is 1. The summed E-state index contributed by atoms with van der Waals surface area (Å²) in [4.78, 5) is 41.7. The van der Waals surface area contributed by atoms with Crippen molar-refractivity contribution in [3.05, 3.63) is 0 Å². The Labute approximate surface area is 179 Å². The predicted molar refractivity (Wildman–Crippen MR) is 111 cm³/mol. The summed E-state index contributed by atoms with van der Waals surface area (Å²) in [7, 11) is 1.56. The Hall–Kier alpha value is -1.67. The van der Waals surface area contributed by atoms with Gasteiger partial charge in [0.05, 0.1) is 30.1 Å². The van der Waals surface area contributed by atoms with E-state index in [4.69, 9.17) is 4.74 Å². The third-order valence-electron chi connectivity index (χ3n) is 6.84. The highest BCUT2D eigenvalue weighted by atomic mass is 16.5. The van der Waals surface area contributed by atoms with Gasteiger partial charge >= 0.3 is 0 Å². The van der Waals surface area contributed by atoms with Crippen LogP contribution in [0.2, 0.25) is 0 Å². The molecule has 0 aliphatic carbocycles. The molecule has 2 unspecified atom stereocenters. The summed E-state index contributed by atoms with van der Waals surface area (Å²) in [6.07, 6.45) is 1.70. The number of carbonyl (C=O) groups is 3. The summed E-state index contributed by atoms with van der Waals surface area (Å²) in [5.74, 6) is -1.95. The summed E-state index contributed by atoms with van der Waals surface area (Å²) >= 11 is 0. The van der Waals surface area contributed by atoms with Crippen molar-refractivity contribution in [1.29, 1.82) is 0 Å². The highest BCUT2D eigenvalue weighted by Crippen LogP contribution is 2.63.